The third kappa shape index (κ3) is 41.3. The standard InChI is InChI=1S/C45H91N3O2/c1-4-6-8-10-12-14-16-18-20-22-24-26-28-30-32-34-36-39-44(49)46-41-38-42-48(3)43-47-45(50)40-37-35-33-31-29-27-25-23-21-19-17-15-13-11-9-7-5-2/h4-43H2,1-3H3,(H,46,49)(H,47,50). The molecule has 0 aliphatic heterocycles. The highest BCUT2D eigenvalue weighted by Gasteiger charge is 2.05. The fourth-order valence-corrected chi connectivity index (χ4v) is 7.08. The third-order valence-corrected chi connectivity index (χ3v) is 10.6. The molecule has 2 N–H and O–H groups in total. The van der Waals surface area contributed by atoms with Gasteiger partial charge in [0.25, 0.3) is 0 Å². The molecule has 0 aromatic heterocycles. The van der Waals surface area contributed by atoms with Crippen molar-refractivity contribution in [3.8, 4) is 0 Å². The summed E-state index contributed by atoms with van der Waals surface area (Å²) in [6, 6.07) is 0. The van der Waals surface area contributed by atoms with Crippen LogP contribution in [0.3, 0.4) is 0 Å². The topological polar surface area (TPSA) is 61.4 Å². The monoisotopic (exact) mass is 706 g/mol. The SMILES string of the molecule is CCCCCCCCCCCCCCCCCCCC(=O)NCCCN(C)CNC(=O)CCCCCCCCCCCCCCCCCCC. The minimum absolute atomic E-state index is 0.167. The van der Waals surface area contributed by atoms with Crippen molar-refractivity contribution in [2.75, 3.05) is 26.8 Å². The molecule has 0 fully saturated rings. The van der Waals surface area contributed by atoms with Crippen LogP contribution in [0, 0.1) is 0 Å². The lowest BCUT2D eigenvalue weighted by molar-refractivity contribution is -0.122. The minimum Gasteiger partial charge on any atom is -0.356 e. The lowest BCUT2D eigenvalue weighted by Gasteiger charge is -2.17. The Labute approximate surface area is 314 Å². The Hall–Kier alpha value is -1.10. The number of unbranched alkanes of at least 4 members (excludes halogenated alkanes) is 32. The minimum atomic E-state index is 0.167. The van der Waals surface area contributed by atoms with E-state index in [9.17, 15) is 9.59 Å². The van der Waals surface area contributed by atoms with Gasteiger partial charge in [0.1, 0.15) is 0 Å². The molecule has 0 radical (unpaired) electrons. The summed E-state index contributed by atoms with van der Waals surface area (Å²) in [5.41, 5.74) is 0. The van der Waals surface area contributed by atoms with Crippen molar-refractivity contribution in [2.24, 2.45) is 0 Å². The molecule has 0 saturated heterocycles. The van der Waals surface area contributed by atoms with E-state index in [1.54, 1.807) is 0 Å². The maximum Gasteiger partial charge on any atom is 0.220 e. The van der Waals surface area contributed by atoms with E-state index >= 15 is 0 Å². The molecule has 2 amide bonds. The maximum absolute atomic E-state index is 12.2. The average molecular weight is 706 g/mol. The summed E-state index contributed by atoms with van der Waals surface area (Å²) in [5, 5.41) is 6.14. The quantitative estimate of drug-likeness (QED) is 0.0491. The van der Waals surface area contributed by atoms with Crippen LogP contribution < -0.4 is 10.6 Å². The summed E-state index contributed by atoms with van der Waals surface area (Å²) in [5.74, 6) is 0.358. The van der Waals surface area contributed by atoms with Crippen molar-refractivity contribution in [1.29, 1.82) is 0 Å². The summed E-state index contributed by atoms with van der Waals surface area (Å²) in [4.78, 5) is 26.5. The summed E-state index contributed by atoms with van der Waals surface area (Å²) < 4.78 is 0. The summed E-state index contributed by atoms with van der Waals surface area (Å²) in [6.45, 7) is 6.76. The van der Waals surface area contributed by atoms with E-state index in [-0.39, 0.29) is 11.8 Å². The van der Waals surface area contributed by atoms with Gasteiger partial charge < -0.3 is 10.6 Å². The number of carbonyl (C=O) groups excluding carboxylic acids is 2. The molecule has 0 rings (SSSR count). The molecule has 0 spiro atoms. The number of carbonyl (C=O) groups is 2. The molecule has 5 nitrogen and oxygen atoms in total. The molecule has 50 heavy (non-hydrogen) atoms. The van der Waals surface area contributed by atoms with Gasteiger partial charge in [-0.15, -0.1) is 0 Å². The largest absolute Gasteiger partial charge is 0.356 e. The molecule has 0 heterocycles. The molecular formula is C45H91N3O2. The van der Waals surface area contributed by atoms with E-state index in [1.807, 2.05) is 7.05 Å². The zero-order valence-corrected chi connectivity index (χ0v) is 34.5. The second kappa shape index (κ2) is 42.3. The van der Waals surface area contributed by atoms with Crippen LogP contribution in [-0.2, 0) is 9.59 Å². The highest BCUT2D eigenvalue weighted by Crippen LogP contribution is 2.16. The fourth-order valence-electron chi connectivity index (χ4n) is 7.08. The van der Waals surface area contributed by atoms with Crippen LogP contribution in [0.4, 0.5) is 0 Å². The van der Waals surface area contributed by atoms with Gasteiger partial charge in [-0.2, -0.15) is 0 Å². The highest BCUT2D eigenvalue weighted by atomic mass is 16.2. The first-order chi connectivity index (χ1) is 24.6. The van der Waals surface area contributed by atoms with E-state index in [4.69, 9.17) is 0 Å². The van der Waals surface area contributed by atoms with Crippen LogP contribution in [-0.4, -0.2) is 43.5 Å². The van der Waals surface area contributed by atoms with Crippen molar-refractivity contribution < 1.29 is 9.59 Å². The van der Waals surface area contributed by atoms with Crippen molar-refractivity contribution in [1.82, 2.24) is 15.5 Å². The first-order valence-corrected chi connectivity index (χ1v) is 22.8. The molecular weight excluding hydrogens is 615 g/mol. The van der Waals surface area contributed by atoms with Gasteiger partial charge in [0.15, 0.2) is 0 Å². The highest BCUT2D eigenvalue weighted by molar-refractivity contribution is 5.76. The zero-order valence-electron chi connectivity index (χ0n) is 34.5. The zero-order chi connectivity index (χ0) is 36.4. The van der Waals surface area contributed by atoms with Crippen molar-refractivity contribution in [3.63, 3.8) is 0 Å². The van der Waals surface area contributed by atoms with Crippen LogP contribution >= 0.6 is 0 Å². The summed E-state index contributed by atoms with van der Waals surface area (Å²) in [6.07, 6.45) is 48.5. The first-order valence-electron chi connectivity index (χ1n) is 22.8. The molecule has 0 saturated carbocycles. The van der Waals surface area contributed by atoms with Crippen LogP contribution in [0.1, 0.15) is 251 Å². The van der Waals surface area contributed by atoms with Gasteiger partial charge in [-0.3, -0.25) is 14.5 Å². The van der Waals surface area contributed by atoms with E-state index in [0.29, 0.717) is 19.5 Å². The van der Waals surface area contributed by atoms with E-state index in [1.165, 1.54) is 205 Å². The predicted molar refractivity (Wildman–Crippen MR) is 221 cm³/mol. The summed E-state index contributed by atoms with van der Waals surface area (Å²) in [7, 11) is 2.04. The Kier molecular flexibility index (Phi) is 41.4. The molecule has 0 atom stereocenters. The Morgan fingerprint density at radius 1 is 0.360 bits per heavy atom. The third-order valence-electron chi connectivity index (χ3n) is 10.6. The normalized spacial score (nSPS) is 11.4. The number of nitrogens with zero attached hydrogens (tertiary/aromatic N) is 1. The first kappa shape index (κ1) is 48.9. The van der Waals surface area contributed by atoms with Gasteiger partial charge in [-0.05, 0) is 26.3 Å². The molecule has 0 aromatic rings. The van der Waals surface area contributed by atoms with Gasteiger partial charge >= 0.3 is 0 Å². The number of hydrogen-bond acceptors (Lipinski definition) is 3. The second-order valence-electron chi connectivity index (χ2n) is 15.9. The van der Waals surface area contributed by atoms with Crippen molar-refractivity contribution >= 4 is 11.8 Å². The van der Waals surface area contributed by atoms with Crippen molar-refractivity contribution in [2.45, 2.75) is 251 Å². The maximum atomic E-state index is 12.2. The van der Waals surface area contributed by atoms with Gasteiger partial charge in [0.05, 0.1) is 6.67 Å². The van der Waals surface area contributed by atoms with Crippen LogP contribution in [0.5, 0.6) is 0 Å². The number of nitrogens with one attached hydrogen (secondary N) is 2. The van der Waals surface area contributed by atoms with Gasteiger partial charge in [0.2, 0.25) is 11.8 Å². The van der Waals surface area contributed by atoms with E-state index < -0.39 is 0 Å². The van der Waals surface area contributed by atoms with Gasteiger partial charge in [-0.1, -0.05) is 219 Å². The number of rotatable bonds is 42. The molecule has 0 unspecified atom stereocenters. The van der Waals surface area contributed by atoms with Crippen LogP contribution in [0.2, 0.25) is 0 Å². The molecule has 0 bridgehead atoms. The second-order valence-corrected chi connectivity index (χ2v) is 15.9. The Bertz CT molecular complexity index is 685. The Balaban J connectivity index is 3.34. The molecule has 298 valence electrons. The van der Waals surface area contributed by atoms with Crippen LogP contribution in [0.25, 0.3) is 0 Å². The summed E-state index contributed by atoms with van der Waals surface area (Å²) >= 11 is 0. The fraction of sp³-hybridized carbons (Fsp3) is 0.956. The lowest BCUT2D eigenvalue weighted by atomic mass is 10.0. The number of amides is 2. The molecule has 0 aliphatic rings. The Morgan fingerprint density at radius 3 is 0.920 bits per heavy atom. The van der Waals surface area contributed by atoms with Crippen molar-refractivity contribution in [3.05, 3.63) is 0 Å². The average Bonchev–Trinajstić information content (AvgIpc) is 3.11. The van der Waals surface area contributed by atoms with E-state index in [2.05, 4.69) is 29.4 Å². The number of hydrogen-bond donors (Lipinski definition) is 2. The molecule has 0 aliphatic carbocycles. The molecule has 0 aromatic carbocycles. The molecule has 5 heteroatoms. The van der Waals surface area contributed by atoms with Gasteiger partial charge in [-0.25, -0.2) is 0 Å². The smallest absolute Gasteiger partial charge is 0.220 e. The lowest BCUT2D eigenvalue weighted by Crippen LogP contribution is -2.36. The Morgan fingerprint density at radius 2 is 0.620 bits per heavy atom. The van der Waals surface area contributed by atoms with Gasteiger partial charge in [0, 0.05) is 25.9 Å². The van der Waals surface area contributed by atoms with E-state index in [0.717, 1.165) is 32.4 Å². The van der Waals surface area contributed by atoms with Crippen LogP contribution in [0.15, 0.2) is 0 Å². The predicted octanol–water partition coefficient (Wildman–Crippen LogP) is 13.6.